The fraction of sp³-hybridized carbons (Fsp3) is 0.0909. The van der Waals surface area contributed by atoms with Gasteiger partial charge in [0.2, 0.25) is 0 Å². The molecule has 80 valence electrons. The maximum atomic E-state index is 5.86. The minimum Gasteiger partial charge on any atom is -0.397 e. The highest BCUT2D eigenvalue weighted by Gasteiger charge is 2.09. The number of rotatable bonds is 1. The number of aromatic nitrogens is 4. The number of nitrogens with two attached hydrogens (primary N) is 1. The molecule has 0 fully saturated rings. The molecule has 0 unspecified atom stereocenters. The number of aryl methyl sites for hydroxylation is 1. The normalized spacial score (nSPS) is 11.1. The monoisotopic (exact) mass is 213 g/mol. The SMILES string of the molecule is Cn1cncc1-c1nc2c(N)cccc2[nH]1. The number of benzene rings is 1. The number of nitrogens with one attached hydrogen (secondary N) is 1. The molecule has 3 N–H and O–H groups in total. The van der Waals surface area contributed by atoms with Crippen molar-refractivity contribution >= 4 is 16.7 Å². The molecule has 0 atom stereocenters. The molecule has 0 aliphatic carbocycles. The van der Waals surface area contributed by atoms with Gasteiger partial charge in [-0.05, 0) is 12.1 Å². The van der Waals surface area contributed by atoms with Gasteiger partial charge in [0.25, 0.3) is 0 Å². The Hall–Kier alpha value is -2.30. The summed E-state index contributed by atoms with van der Waals surface area (Å²) in [5.41, 5.74) is 9.22. The molecule has 0 radical (unpaired) electrons. The van der Waals surface area contributed by atoms with Crippen LogP contribution in [0, 0.1) is 0 Å². The van der Waals surface area contributed by atoms with E-state index in [1.54, 1.807) is 12.5 Å². The lowest BCUT2D eigenvalue weighted by Crippen LogP contribution is -1.90. The van der Waals surface area contributed by atoms with Gasteiger partial charge in [-0.2, -0.15) is 0 Å². The fourth-order valence-electron chi connectivity index (χ4n) is 1.76. The summed E-state index contributed by atoms with van der Waals surface area (Å²) in [6.45, 7) is 0. The second-order valence-corrected chi connectivity index (χ2v) is 3.72. The van der Waals surface area contributed by atoms with Crippen molar-refractivity contribution in [1.29, 1.82) is 0 Å². The second kappa shape index (κ2) is 3.10. The van der Waals surface area contributed by atoms with Crippen LogP contribution in [0.25, 0.3) is 22.6 Å². The standard InChI is InChI=1S/C11H11N5/c1-16-6-13-5-9(16)11-14-8-4-2-3-7(12)10(8)15-11/h2-6H,12H2,1H3,(H,14,15). The summed E-state index contributed by atoms with van der Waals surface area (Å²) in [6, 6.07) is 5.71. The minimum atomic E-state index is 0.683. The van der Waals surface area contributed by atoms with Gasteiger partial charge in [-0.3, -0.25) is 0 Å². The highest BCUT2D eigenvalue weighted by Crippen LogP contribution is 2.23. The van der Waals surface area contributed by atoms with Crippen molar-refractivity contribution in [2.75, 3.05) is 5.73 Å². The van der Waals surface area contributed by atoms with Crippen molar-refractivity contribution in [1.82, 2.24) is 19.5 Å². The highest BCUT2D eigenvalue weighted by atomic mass is 15.1. The van der Waals surface area contributed by atoms with E-state index in [4.69, 9.17) is 5.73 Å². The van der Waals surface area contributed by atoms with E-state index >= 15 is 0 Å². The summed E-state index contributed by atoms with van der Waals surface area (Å²) < 4.78 is 1.91. The van der Waals surface area contributed by atoms with Crippen LogP contribution in [0.4, 0.5) is 5.69 Å². The maximum Gasteiger partial charge on any atom is 0.156 e. The molecule has 3 aromatic rings. The lowest BCUT2D eigenvalue weighted by atomic mass is 10.3. The quantitative estimate of drug-likeness (QED) is 0.602. The largest absolute Gasteiger partial charge is 0.397 e. The van der Waals surface area contributed by atoms with E-state index in [9.17, 15) is 0 Å². The van der Waals surface area contributed by atoms with Crippen LogP contribution >= 0.6 is 0 Å². The predicted molar refractivity (Wildman–Crippen MR) is 62.7 cm³/mol. The number of fused-ring (bicyclic) bond motifs is 1. The Kier molecular flexibility index (Phi) is 1.73. The lowest BCUT2D eigenvalue weighted by Gasteiger charge is -1.95. The number of para-hydroxylation sites is 1. The van der Waals surface area contributed by atoms with E-state index in [-0.39, 0.29) is 0 Å². The van der Waals surface area contributed by atoms with Crippen LogP contribution in [-0.4, -0.2) is 19.5 Å². The second-order valence-electron chi connectivity index (χ2n) is 3.72. The topological polar surface area (TPSA) is 72.5 Å². The molecule has 0 spiro atoms. The van der Waals surface area contributed by atoms with E-state index in [1.165, 1.54) is 0 Å². The number of nitrogen functional groups attached to an aromatic ring is 1. The van der Waals surface area contributed by atoms with Gasteiger partial charge in [0.1, 0.15) is 11.2 Å². The van der Waals surface area contributed by atoms with Gasteiger partial charge in [0.05, 0.1) is 23.7 Å². The van der Waals surface area contributed by atoms with Gasteiger partial charge >= 0.3 is 0 Å². The first-order chi connectivity index (χ1) is 7.75. The molecule has 0 saturated heterocycles. The van der Waals surface area contributed by atoms with Gasteiger partial charge in [0, 0.05) is 7.05 Å². The lowest BCUT2D eigenvalue weighted by molar-refractivity contribution is 0.913. The van der Waals surface area contributed by atoms with Crippen LogP contribution in [-0.2, 0) is 7.05 Å². The van der Waals surface area contributed by atoms with Crippen LogP contribution in [0.15, 0.2) is 30.7 Å². The Morgan fingerprint density at radius 2 is 2.25 bits per heavy atom. The average molecular weight is 213 g/mol. The number of H-pyrrole nitrogens is 1. The summed E-state index contributed by atoms with van der Waals surface area (Å²) in [6.07, 6.45) is 3.51. The molecule has 2 aromatic heterocycles. The molecular formula is C11H11N5. The zero-order chi connectivity index (χ0) is 11.1. The molecular weight excluding hydrogens is 202 g/mol. The predicted octanol–water partition coefficient (Wildman–Crippen LogP) is 1.55. The maximum absolute atomic E-state index is 5.86. The van der Waals surface area contributed by atoms with Gasteiger partial charge in [-0.15, -0.1) is 0 Å². The van der Waals surface area contributed by atoms with Crippen molar-refractivity contribution in [2.24, 2.45) is 7.05 Å². The number of imidazole rings is 2. The van der Waals surface area contributed by atoms with Crippen LogP contribution in [0.1, 0.15) is 0 Å². The first-order valence-electron chi connectivity index (χ1n) is 4.96. The third-order valence-electron chi connectivity index (χ3n) is 2.60. The molecule has 0 saturated carbocycles. The highest BCUT2D eigenvalue weighted by molar-refractivity contribution is 5.88. The van der Waals surface area contributed by atoms with Crippen molar-refractivity contribution in [3.8, 4) is 11.5 Å². The molecule has 1 aromatic carbocycles. The van der Waals surface area contributed by atoms with E-state index < -0.39 is 0 Å². The van der Waals surface area contributed by atoms with Gasteiger partial charge in [-0.25, -0.2) is 9.97 Å². The Morgan fingerprint density at radius 3 is 2.94 bits per heavy atom. The summed E-state index contributed by atoms with van der Waals surface area (Å²) in [4.78, 5) is 11.8. The first-order valence-corrected chi connectivity index (χ1v) is 4.96. The van der Waals surface area contributed by atoms with Crippen LogP contribution < -0.4 is 5.73 Å². The molecule has 5 heteroatoms. The van der Waals surface area contributed by atoms with E-state index in [0.717, 1.165) is 22.6 Å². The Morgan fingerprint density at radius 1 is 1.38 bits per heavy atom. The fourth-order valence-corrected chi connectivity index (χ4v) is 1.76. The van der Waals surface area contributed by atoms with Crippen molar-refractivity contribution < 1.29 is 0 Å². The molecule has 5 nitrogen and oxygen atoms in total. The molecule has 0 bridgehead atoms. The molecule has 3 rings (SSSR count). The number of aromatic amines is 1. The van der Waals surface area contributed by atoms with Gasteiger partial charge in [-0.1, -0.05) is 6.07 Å². The zero-order valence-corrected chi connectivity index (χ0v) is 8.81. The van der Waals surface area contributed by atoms with Gasteiger partial charge < -0.3 is 15.3 Å². The zero-order valence-electron chi connectivity index (χ0n) is 8.81. The van der Waals surface area contributed by atoms with Crippen molar-refractivity contribution in [3.63, 3.8) is 0 Å². The van der Waals surface area contributed by atoms with Crippen LogP contribution in [0.5, 0.6) is 0 Å². The third kappa shape index (κ3) is 1.18. The summed E-state index contributed by atoms with van der Waals surface area (Å²) in [5, 5.41) is 0. The summed E-state index contributed by atoms with van der Waals surface area (Å²) in [7, 11) is 1.93. The first kappa shape index (κ1) is 8.96. The summed E-state index contributed by atoms with van der Waals surface area (Å²) >= 11 is 0. The molecule has 0 amide bonds. The Balaban J connectivity index is 2.27. The van der Waals surface area contributed by atoms with Gasteiger partial charge in [0.15, 0.2) is 5.82 Å². The van der Waals surface area contributed by atoms with Crippen LogP contribution in [0.2, 0.25) is 0 Å². The van der Waals surface area contributed by atoms with E-state index in [2.05, 4.69) is 15.0 Å². The van der Waals surface area contributed by atoms with E-state index in [0.29, 0.717) is 5.69 Å². The smallest absolute Gasteiger partial charge is 0.156 e. The minimum absolute atomic E-state index is 0.683. The number of nitrogens with zero attached hydrogens (tertiary/aromatic N) is 3. The number of anilines is 1. The molecule has 2 heterocycles. The Bertz CT molecular complexity index is 649. The van der Waals surface area contributed by atoms with Crippen LogP contribution in [0.3, 0.4) is 0 Å². The number of hydrogen-bond donors (Lipinski definition) is 2. The molecule has 0 aliphatic rings. The van der Waals surface area contributed by atoms with Crippen molar-refractivity contribution in [3.05, 3.63) is 30.7 Å². The number of hydrogen-bond acceptors (Lipinski definition) is 3. The third-order valence-corrected chi connectivity index (χ3v) is 2.60. The Labute approximate surface area is 91.9 Å². The summed E-state index contributed by atoms with van der Waals surface area (Å²) in [5.74, 6) is 0.785. The van der Waals surface area contributed by atoms with Crippen molar-refractivity contribution in [2.45, 2.75) is 0 Å². The molecule has 0 aliphatic heterocycles. The van der Waals surface area contributed by atoms with E-state index in [1.807, 2.05) is 29.8 Å². The average Bonchev–Trinajstić information content (AvgIpc) is 2.84. The molecule has 16 heavy (non-hydrogen) atoms.